The highest BCUT2D eigenvalue weighted by Gasteiger charge is 2.27. The van der Waals surface area contributed by atoms with Gasteiger partial charge in [-0.2, -0.15) is 0 Å². The number of fused-ring (bicyclic) bond motifs is 1. The van der Waals surface area contributed by atoms with E-state index in [-0.39, 0.29) is 12.1 Å². The second-order valence-electron chi connectivity index (χ2n) is 4.15. The second-order valence-corrected chi connectivity index (χ2v) is 4.15. The van der Waals surface area contributed by atoms with Crippen LogP contribution in [0.1, 0.15) is 18.9 Å². The van der Waals surface area contributed by atoms with E-state index in [1.165, 1.54) is 5.56 Å². The standard InChI is InChI=1S/C13H17NO3/c1-2-16-13(15)11(14)8-10-7-9-5-3-4-6-12(9)17-10/h3-6,10-11H,2,7-8,14H2,1H3. The minimum Gasteiger partial charge on any atom is -0.490 e. The SMILES string of the molecule is CCOC(=O)C(N)CC1Cc2ccccc2O1. The van der Waals surface area contributed by atoms with Gasteiger partial charge in [-0.3, -0.25) is 4.79 Å². The molecule has 1 aliphatic rings. The average Bonchev–Trinajstić information content (AvgIpc) is 2.71. The summed E-state index contributed by atoms with van der Waals surface area (Å²) in [6.45, 7) is 2.13. The van der Waals surface area contributed by atoms with Gasteiger partial charge >= 0.3 is 5.97 Å². The van der Waals surface area contributed by atoms with Gasteiger partial charge in [0.25, 0.3) is 0 Å². The molecule has 0 amide bonds. The number of carbonyl (C=O) groups is 1. The molecule has 1 aromatic rings. The van der Waals surface area contributed by atoms with E-state index in [0.717, 1.165) is 12.2 Å². The van der Waals surface area contributed by atoms with Gasteiger partial charge in [-0.1, -0.05) is 18.2 Å². The van der Waals surface area contributed by atoms with E-state index in [4.69, 9.17) is 15.2 Å². The Balaban J connectivity index is 1.89. The summed E-state index contributed by atoms with van der Waals surface area (Å²) >= 11 is 0. The van der Waals surface area contributed by atoms with Crippen LogP contribution in [0.3, 0.4) is 0 Å². The van der Waals surface area contributed by atoms with E-state index >= 15 is 0 Å². The summed E-state index contributed by atoms with van der Waals surface area (Å²) in [5.41, 5.74) is 6.94. The highest BCUT2D eigenvalue weighted by molar-refractivity contribution is 5.75. The number of carbonyl (C=O) groups excluding carboxylic acids is 1. The molecule has 17 heavy (non-hydrogen) atoms. The molecule has 0 aliphatic carbocycles. The number of nitrogens with two attached hydrogens (primary N) is 1. The Kier molecular flexibility index (Phi) is 3.64. The topological polar surface area (TPSA) is 61.5 Å². The predicted octanol–water partition coefficient (Wildman–Crippen LogP) is 1.27. The van der Waals surface area contributed by atoms with Crippen molar-refractivity contribution in [2.24, 2.45) is 5.73 Å². The summed E-state index contributed by atoms with van der Waals surface area (Å²) in [4.78, 5) is 11.4. The molecule has 2 rings (SSSR count). The van der Waals surface area contributed by atoms with Crippen molar-refractivity contribution in [2.45, 2.75) is 31.9 Å². The number of benzene rings is 1. The van der Waals surface area contributed by atoms with E-state index < -0.39 is 6.04 Å². The van der Waals surface area contributed by atoms with Crippen molar-refractivity contribution in [2.75, 3.05) is 6.61 Å². The van der Waals surface area contributed by atoms with Crippen LogP contribution in [0.5, 0.6) is 5.75 Å². The van der Waals surface area contributed by atoms with Gasteiger partial charge in [-0.05, 0) is 18.6 Å². The predicted molar refractivity (Wildman–Crippen MR) is 63.8 cm³/mol. The minimum absolute atomic E-state index is 0.0215. The van der Waals surface area contributed by atoms with Crippen LogP contribution in [0.25, 0.3) is 0 Å². The van der Waals surface area contributed by atoms with Crippen LogP contribution in [0.15, 0.2) is 24.3 Å². The molecule has 0 bridgehead atoms. The van der Waals surface area contributed by atoms with Gasteiger partial charge in [-0.15, -0.1) is 0 Å². The molecule has 1 aromatic carbocycles. The molecule has 0 aromatic heterocycles. The summed E-state index contributed by atoms with van der Waals surface area (Å²) in [5.74, 6) is 0.542. The van der Waals surface area contributed by atoms with Crippen LogP contribution >= 0.6 is 0 Å². The molecular weight excluding hydrogens is 218 g/mol. The first-order chi connectivity index (χ1) is 8.20. The summed E-state index contributed by atoms with van der Waals surface area (Å²) in [5, 5.41) is 0. The molecule has 0 spiro atoms. The molecular formula is C13H17NO3. The van der Waals surface area contributed by atoms with Crippen LogP contribution in [0, 0.1) is 0 Å². The maximum Gasteiger partial charge on any atom is 0.323 e. The Bertz CT molecular complexity index is 380. The molecule has 4 heteroatoms. The minimum atomic E-state index is -0.603. The Labute approximate surface area is 101 Å². The van der Waals surface area contributed by atoms with E-state index in [0.29, 0.717) is 13.0 Å². The molecule has 2 unspecified atom stereocenters. The molecule has 1 heterocycles. The lowest BCUT2D eigenvalue weighted by atomic mass is 10.0. The van der Waals surface area contributed by atoms with Crippen molar-refractivity contribution >= 4 is 5.97 Å². The van der Waals surface area contributed by atoms with Crippen LogP contribution in [0.4, 0.5) is 0 Å². The van der Waals surface area contributed by atoms with Crippen molar-refractivity contribution in [3.63, 3.8) is 0 Å². The lowest BCUT2D eigenvalue weighted by molar-refractivity contribution is -0.145. The summed E-state index contributed by atoms with van der Waals surface area (Å²) < 4.78 is 10.6. The van der Waals surface area contributed by atoms with Crippen molar-refractivity contribution in [3.8, 4) is 5.75 Å². The van der Waals surface area contributed by atoms with Gasteiger partial charge in [0.1, 0.15) is 17.9 Å². The van der Waals surface area contributed by atoms with Crippen molar-refractivity contribution in [1.29, 1.82) is 0 Å². The highest BCUT2D eigenvalue weighted by Crippen LogP contribution is 2.29. The molecule has 92 valence electrons. The van der Waals surface area contributed by atoms with Crippen molar-refractivity contribution < 1.29 is 14.3 Å². The zero-order valence-corrected chi connectivity index (χ0v) is 9.89. The Morgan fingerprint density at radius 2 is 2.35 bits per heavy atom. The van der Waals surface area contributed by atoms with Crippen LogP contribution in [-0.2, 0) is 16.0 Å². The van der Waals surface area contributed by atoms with Gasteiger partial charge in [-0.25, -0.2) is 0 Å². The van der Waals surface area contributed by atoms with E-state index in [1.54, 1.807) is 6.92 Å². The van der Waals surface area contributed by atoms with Crippen molar-refractivity contribution in [3.05, 3.63) is 29.8 Å². The molecule has 0 radical (unpaired) electrons. The number of rotatable bonds is 4. The number of hydrogen-bond donors (Lipinski definition) is 1. The second kappa shape index (κ2) is 5.19. The molecule has 2 atom stereocenters. The van der Waals surface area contributed by atoms with Crippen molar-refractivity contribution in [1.82, 2.24) is 0 Å². The lowest BCUT2D eigenvalue weighted by Crippen LogP contribution is -2.37. The van der Waals surface area contributed by atoms with E-state index in [9.17, 15) is 4.79 Å². The fraction of sp³-hybridized carbons (Fsp3) is 0.462. The maximum absolute atomic E-state index is 11.4. The van der Waals surface area contributed by atoms with Gasteiger partial charge in [0.05, 0.1) is 6.61 Å². The van der Waals surface area contributed by atoms with Crippen LogP contribution in [-0.4, -0.2) is 24.7 Å². The maximum atomic E-state index is 11.4. The number of esters is 1. The Morgan fingerprint density at radius 3 is 3.06 bits per heavy atom. The zero-order valence-electron chi connectivity index (χ0n) is 9.89. The van der Waals surface area contributed by atoms with Gasteiger partial charge in [0.2, 0.25) is 0 Å². The number of ether oxygens (including phenoxy) is 2. The third-order valence-electron chi connectivity index (χ3n) is 2.82. The first-order valence-corrected chi connectivity index (χ1v) is 5.87. The third-order valence-corrected chi connectivity index (χ3v) is 2.82. The van der Waals surface area contributed by atoms with Crippen LogP contribution < -0.4 is 10.5 Å². The molecule has 2 N–H and O–H groups in total. The average molecular weight is 235 g/mol. The molecule has 0 fully saturated rings. The quantitative estimate of drug-likeness (QED) is 0.798. The third kappa shape index (κ3) is 2.77. The monoisotopic (exact) mass is 235 g/mol. The van der Waals surface area contributed by atoms with Gasteiger partial charge < -0.3 is 15.2 Å². The molecule has 1 aliphatic heterocycles. The Hall–Kier alpha value is -1.55. The summed E-state index contributed by atoms with van der Waals surface area (Å²) in [7, 11) is 0. The normalized spacial score (nSPS) is 19.3. The van der Waals surface area contributed by atoms with Gasteiger partial charge in [0.15, 0.2) is 0 Å². The van der Waals surface area contributed by atoms with Crippen LogP contribution in [0.2, 0.25) is 0 Å². The largest absolute Gasteiger partial charge is 0.490 e. The fourth-order valence-corrected chi connectivity index (χ4v) is 2.01. The van der Waals surface area contributed by atoms with E-state index in [2.05, 4.69) is 0 Å². The molecule has 0 saturated carbocycles. The van der Waals surface area contributed by atoms with Gasteiger partial charge in [0, 0.05) is 12.8 Å². The highest BCUT2D eigenvalue weighted by atomic mass is 16.5. The Morgan fingerprint density at radius 1 is 1.59 bits per heavy atom. The van der Waals surface area contributed by atoms with E-state index in [1.807, 2.05) is 24.3 Å². The fourth-order valence-electron chi connectivity index (χ4n) is 2.01. The molecule has 4 nitrogen and oxygen atoms in total. The summed E-state index contributed by atoms with van der Waals surface area (Å²) in [6.07, 6.45) is 1.28. The number of hydrogen-bond acceptors (Lipinski definition) is 4. The zero-order chi connectivity index (χ0) is 12.3. The molecule has 0 saturated heterocycles. The lowest BCUT2D eigenvalue weighted by Gasteiger charge is -2.15. The number of para-hydroxylation sites is 1. The smallest absolute Gasteiger partial charge is 0.323 e. The first-order valence-electron chi connectivity index (χ1n) is 5.87. The summed E-state index contributed by atoms with van der Waals surface area (Å²) in [6, 6.07) is 7.29. The first kappa shape index (κ1) is 11.9.